The van der Waals surface area contributed by atoms with Crippen LogP contribution in [-0.4, -0.2) is 44.0 Å². The number of aromatic nitrogens is 5. The first-order valence-corrected chi connectivity index (χ1v) is 9.95. The molecule has 11 nitrogen and oxygen atoms in total. The minimum atomic E-state index is -0.796. The van der Waals surface area contributed by atoms with Gasteiger partial charge in [0.05, 0.1) is 12.2 Å². The van der Waals surface area contributed by atoms with Crippen LogP contribution in [0.25, 0.3) is 39.8 Å². The summed E-state index contributed by atoms with van der Waals surface area (Å²) in [7, 11) is 0. The molecule has 0 spiro atoms. The molecular formula is C22H16N6O5. The van der Waals surface area contributed by atoms with Gasteiger partial charge in [0.25, 0.3) is 11.5 Å². The van der Waals surface area contributed by atoms with Crippen molar-refractivity contribution in [3.8, 4) is 28.3 Å². The topological polar surface area (TPSA) is 152 Å². The Hall–Kier alpha value is -4.80. The van der Waals surface area contributed by atoms with Crippen molar-refractivity contribution in [2.45, 2.75) is 6.92 Å². The number of imide groups is 1. The molecule has 3 N–H and O–H groups in total. The fraction of sp³-hybridized carbons (Fsp3) is 0.0909. The van der Waals surface area contributed by atoms with Crippen molar-refractivity contribution >= 4 is 29.2 Å². The van der Waals surface area contributed by atoms with E-state index in [0.717, 1.165) is 11.1 Å². The molecule has 2 aromatic heterocycles. The summed E-state index contributed by atoms with van der Waals surface area (Å²) in [5.41, 5.74) is 2.95. The second kappa shape index (κ2) is 8.04. The zero-order valence-corrected chi connectivity index (χ0v) is 17.2. The van der Waals surface area contributed by atoms with E-state index in [1.165, 1.54) is 6.08 Å². The lowest BCUT2D eigenvalue weighted by atomic mass is 10.0. The second-order valence-corrected chi connectivity index (χ2v) is 7.05. The Morgan fingerprint density at radius 1 is 1.09 bits per heavy atom. The molecule has 3 heterocycles. The normalized spacial score (nSPS) is 14.5. The lowest BCUT2D eigenvalue weighted by molar-refractivity contribution is -0.116. The van der Waals surface area contributed by atoms with E-state index >= 15 is 0 Å². The molecule has 2 amide bonds. The standard InChI is InChI=1S/C22H16N6O5/c1-2-32-15-10-13(6-7-14(15)18-23-19-17(21(30)24-18)26-28-27-19)12-5-3-4-11(8-12)9-16-20(29)25-22(31)33-16/h3-10H,2H2,1H3,(H,25,29,31)(H2,23,24,26,27,28,30)/b16-9-. The molecule has 0 atom stereocenters. The Labute approximate surface area is 185 Å². The number of carbonyl (C=O) groups excluding carboxylic acids is 2. The van der Waals surface area contributed by atoms with Gasteiger partial charge in [0.2, 0.25) is 0 Å². The fourth-order valence-corrected chi connectivity index (χ4v) is 3.44. The summed E-state index contributed by atoms with van der Waals surface area (Å²) < 4.78 is 10.7. The average molecular weight is 444 g/mol. The average Bonchev–Trinajstić information content (AvgIpc) is 3.40. The van der Waals surface area contributed by atoms with Crippen LogP contribution in [-0.2, 0) is 9.53 Å². The number of cyclic esters (lactones) is 1. The minimum Gasteiger partial charge on any atom is -0.493 e. The maximum Gasteiger partial charge on any atom is 0.419 e. The third kappa shape index (κ3) is 3.82. The highest BCUT2D eigenvalue weighted by Gasteiger charge is 2.26. The van der Waals surface area contributed by atoms with E-state index in [2.05, 4.69) is 30.7 Å². The summed E-state index contributed by atoms with van der Waals surface area (Å²) in [6.07, 6.45) is 0.694. The molecule has 0 saturated carbocycles. The molecule has 5 rings (SSSR count). The quantitative estimate of drug-likeness (QED) is 0.397. The molecule has 164 valence electrons. The summed E-state index contributed by atoms with van der Waals surface area (Å²) in [6.45, 7) is 2.26. The number of H-pyrrole nitrogens is 2. The highest BCUT2D eigenvalue weighted by atomic mass is 16.6. The van der Waals surface area contributed by atoms with E-state index in [1.807, 2.05) is 37.3 Å². The Balaban J connectivity index is 1.54. The molecule has 1 aliphatic rings. The molecular weight excluding hydrogens is 428 g/mol. The van der Waals surface area contributed by atoms with Crippen LogP contribution in [0.5, 0.6) is 5.75 Å². The molecule has 11 heteroatoms. The number of alkyl carbamates (subject to hydrolysis) is 1. The SMILES string of the molecule is CCOc1cc(-c2cccc(/C=C3\OC(=O)NC3=O)c2)ccc1-c1nc2[nH]nnc2c(=O)[nH]1. The molecule has 0 unspecified atom stereocenters. The van der Waals surface area contributed by atoms with Gasteiger partial charge in [0.1, 0.15) is 11.6 Å². The summed E-state index contributed by atoms with van der Waals surface area (Å²) in [5.74, 6) is 0.194. The highest BCUT2D eigenvalue weighted by molar-refractivity contribution is 6.09. The van der Waals surface area contributed by atoms with Crippen LogP contribution in [0, 0.1) is 0 Å². The molecule has 1 fully saturated rings. The summed E-state index contributed by atoms with van der Waals surface area (Å²) in [4.78, 5) is 42.4. The van der Waals surface area contributed by atoms with Crippen LogP contribution in [0.3, 0.4) is 0 Å². The third-order valence-electron chi connectivity index (χ3n) is 4.90. The first kappa shape index (κ1) is 20.1. The van der Waals surface area contributed by atoms with E-state index in [0.29, 0.717) is 29.3 Å². The second-order valence-electron chi connectivity index (χ2n) is 7.05. The molecule has 2 aromatic carbocycles. The van der Waals surface area contributed by atoms with Gasteiger partial charge in [-0.15, -0.1) is 5.10 Å². The highest BCUT2D eigenvalue weighted by Crippen LogP contribution is 2.33. The van der Waals surface area contributed by atoms with Gasteiger partial charge in [0, 0.05) is 0 Å². The summed E-state index contributed by atoms with van der Waals surface area (Å²) in [6, 6.07) is 12.9. The first-order valence-electron chi connectivity index (χ1n) is 9.95. The molecule has 0 aliphatic carbocycles. The van der Waals surface area contributed by atoms with Crippen molar-refractivity contribution < 1.29 is 19.1 Å². The van der Waals surface area contributed by atoms with Crippen molar-refractivity contribution in [1.29, 1.82) is 0 Å². The number of carbonyl (C=O) groups is 2. The number of nitrogens with one attached hydrogen (secondary N) is 3. The zero-order valence-electron chi connectivity index (χ0n) is 17.2. The number of rotatable bonds is 5. The Morgan fingerprint density at radius 3 is 2.73 bits per heavy atom. The first-order chi connectivity index (χ1) is 16.0. The predicted octanol–water partition coefficient (Wildman–Crippen LogP) is 2.38. The lowest BCUT2D eigenvalue weighted by Crippen LogP contribution is -2.18. The van der Waals surface area contributed by atoms with Crippen LogP contribution < -0.4 is 15.6 Å². The van der Waals surface area contributed by atoms with Gasteiger partial charge < -0.3 is 14.5 Å². The lowest BCUT2D eigenvalue weighted by Gasteiger charge is -2.12. The maximum atomic E-state index is 12.3. The van der Waals surface area contributed by atoms with Gasteiger partial charge in [0.15, 0.2) is 16.9 Å². The van der Waals surface area contributed by atoms with Gasteiger partial charge in [-0.1, -0.05) is 29.5 Å². The van der Waals surface area contributed by atoms with Crippen molar-refractivity contribution in [3.63, 3.8) is 0 Å². The zero-order chi connectivity index (χ0) is 22.9. The molecule has 0 bridgehead atoms. The Morgan fingerprint density at radius 2 is 1.94 bits per heavy atom. The van der Waals surface area contributed by atoms with Crippen LogP contribution in [0.4, 0.5) is 4.79 Å². The van der Waals surface area contributed by atoms with Gasteiger partial charge in [-0.2, -0.15) is 0 Å². The molecule has 33 heavy (non-hydrogen) atoms. The molecule has 1 aliphatic heterocycles. The smallest absolute Gasteiger partial charge is 0.419 e. The summed E-state index contributed by atoms with van der Waals surface area (Å²) >= 11 is 0. The molecule has 4 aromatic rings. The molecule has 1 saturated heterocycles. The number of hydrogen-bond donors (Lipinski definition) is 3. The Bertz CT molecular complexity index is 1500. The van der Waals surface area contributed by atoms with Crippen molar-refractivity contribution in [1.82, 2.24) is 30.7 Å². The maximum absolute atomic E-state index is 12.3. The Kier molecular flexibility index (Phi) is 4.90. The van der Waals surface area contributed by atoms with E-state index in [1.54, 1.807) is 12.1 Å². The third-order valence-corrected chi connectivity index (χ3v) is 4.90. The number of fused-ring (bicyclic) bond motifs is 1. The van der Waals surface area contributed by atoms with E-state index < -0.39 is 17.6 Å². The van der Waals surface area contributed by atoms with Crippen LogP contribution >= 0.6 is 0 Å². The number of hydrogen-bond acceptors (Lipinski definition) is 8. The van der Waals surface area contributed by atoms with Crippen LogP contribution in [0.1, 0.15) is 12.5 Å². The van der Waals surface area contributed by atoms with Crippen molar-refractivity contribution in [2.24, 2.45) is 0 Å². The monoisotopic (exact) mass is 444 g/mol. The number of amides is 2. The summed E-state index contributed by atoms with van der Waals surface area (Å²) in [5, 5.41) is 12.0. The molecule has 0 radical (unpaired) electrons. The predicted molar refractivity (Wildman–Crippen MR) is 117 cm³/mol. The minimum absolute atomic E-state index is 0.0683. The van der Waals surface area contributed by atoms with Crippen molar-refractivity contribution in [2.75, 3.05) is 6.61 Å². The van der Waals surface area contributed by atoms with E-state index in [-0.39, 0.29) is 16.9 Å². The van der Waals surface area contributed by atoms with Crippen LogP contribution in [0.2, 0.25) is 0 Å². The number of nitrogens with zero attached hydrogens (tertiary/aromatic N) is 3. The van der Waals surface area contributed by atoms with Gasteiger partial charge >= 0.3 is 6.09 Å². The van der Waals surface area contributed by atoms with Crippen LogP contribution in [0.15, 0.2) is 53.0 Å². The van der Waals surface area contributed by atoms with E-state index in [4.69, 9.17) is 9.47 Å². The van der Waals surface area contributed by atoms with E-state index in [9.17, 15) is 14.4 Å². The largest absolute Gasteiger partial charge is 0.493 e. The number of ether oxygens (including phenoxy) is 2. The number of benzene rings is 2. The van der Waals surface area contributed by atoms with Crippen molar-refractivity contribution in [3.05, 3.63) is 64.1 Å². The van der Waals surface area contributed by atoms with Gasteiger partial charge in [-0.05, 0) is 47.9 Å². The van der Waals surface area contributed by atoms with Gasteiger partial charge in [-0.25, -0.2) is 14.9 Å². The fourth-order valence-electron chi connectivity index (χ4n) is 3.44. The van der Waals surface area contributed by atoms with Gasteiger partial charge in [-0.3, -0.25) is 14.9 Å². The number of aromatic amines is 2.